The van der Waals surface area contributed by atoms with Gasteiger partial charge in [0.05, 0.1) is 0 Å². The van der Waals surface area contributed by atoms with E-state index in [1.54, 1.807) is 0 Å². The number of rotatable bonds is 0. The van der Waals surface area contributed by atoms with Crippen LogP contribution in [-0.4, -0.2) is 32.2 Å². The fourth-order valence-corrected chi connectivity index (χ4v) is 0. The molecule has 0 heterocycles. The Morgan fingerprint density at radius 3 is 1.40 bits per heavy atom. The van der Waals surface area contributed by atoms with Crippen molar-refractivity contribution >= 4 is 32.2 Å². The summed E-state index contributed by atoms with van der Waals surface area (Å²) in [6, 6.07) is -0.833. The van der Waals surface area contributed by atoms with Crippen LogP contribution in [-0.2, 0) is 0 Å². The Bertz CT molecular complexity index is 32.6. The summed E-state index contributed by atoms with van der Waals surface area (Å²) >= 11 is 0. The van der Waals surface area contributed by atoms with Crippen molar-refractivity contribution < 1.29 is 4.79 Å². The van der Waals surface area contributed by atoms with Crippen LogP contribution >= 0.6 is 0 Å². The van der Waals surface area contributed by atoms with Crippen molar-refractivity contribution in [3.63, 3.8) is 0 Å². The SMILES string of the molecule is NC(N)=O.[BiH3]. The Kier molecular flexibility index (Phi) is 7.43. The molecule has 0 fully saturated rings. The molecule has 0 spiro atoms. The Morgan fingerprint density at radius 1 is 1.40 bits per heavy atom. The second-order valence-corrected chi connectivity index (χ2v) is 0.402. The van der Waals surface area contributed by atoms with Gasteiger partial charge < -0.3 is 11.5 Å². The van der Waals surface area contributed by atoms with E-state index >= 15 is 0 Å². The fraction of sp³-hybridized carbons (Fsp3) is 0. The molecule has 0 rings (SSSR count). The van der Waals surface area contributed by atoms with Crippen LogP contribution in [0.2, 0.25) is 0 Å². The van der Waals surface area contributed by atoms with Gasteiger partial charge in [-0.25, -0.2) is 4.79 Å². The predicted molar refractivity (Wildman–Crippen MR) is 23.7 cm³/mol. The van der Waals surface area contributed by atoms with Gasteiger partial charge in [0.15, 0.2) is 0 Å². The van der Waals surface area contributed by atoms with Gasteiger partial charge in [0.2, 0.25) is 0 Å². The van der Waals surface area contributed by atoms with Crippen LogP contribution < -0.4 is 11.5 Å². The zero-order chi connectivity index (χ0) is 3.58. The third kappa shape index (κ3) is 821. The average Bonchev–Trinajstić information content (AvgIpc) is 0.811. The summed E-state index contributed by atoms with van der Waals surface area (Å²) in [4.78, 5) is 9.00. The van der Waals surface area contributed by atoms with E-state index in [4.69, 9.17) is 4.79 Å². The van der Waals surface area contributed by atoms with Crippen LogP contribution in [0.1, 0.15) is 0 Å². The molecule has 0 aromatic carbocycles. The number of carbonyl (C=O) groups excluding carboxylic acids is 1. The second-order valence-electron chi connectivity index (χ2n) is 0.402. The van der Waals surface area contributed by atoms with Crippen molar-refractivity contribution in [2.45, 2.75) is 0 Å². The van der Waals surface area contributed by atoms with E-state index in [-0.39, 0.29) is 26.2 Å². The summed E-state index contributed by atoms with van der Waals surface area (Å²) in [5.74, 6) is 0. The molecule has 0 aliphatic heterocycles. The summed E-state index contributed by atoms with van der Waals surface area (Å²) in [7, 11) is 0. The monoisotopic (exact) mass is 272 g/mol. The van der Waals surface area contributed by atoms with Crippen molar-refractivity contribution in [3.05, 3.63) is 0 Å². The Balaban J connectivity index is 0. The van der Waals surface area contributed by atoms with Crippen LogP contribution in [0.25, 0.3) is 0 Å². The van der Waals surface area contributed by atoms with E-state index in [9.17, 15) is 0 Å². The maximum atomic E-state index is 9.00. The summed E-state index contributed by atoms with van der Waals surface area (Å²) in [5, 5.41) is 0. The predicted octanol–water partition coefficient (Wildman–Crippen LogP) is -2.16. The normalized spacial score (nSPS) is 4.80. The Labute approximate surface area is 48.8 Å². The summed E-state index contributed by atoms with van der Waals surface area (Å²) in [5.41, 5.74) is 8.50. The molecule has 3 nitrogen and oxygen atoms in total. The van der Waals surface area contributed by atoms with E-state index in [0.717, 1.165) is 0 Å². The van der Waals surface area contributed by atoms with Gasteiger partial charge in [-0.15, -0.1) is 0 Å². The topological polar surface area (TPSA) is 69.1 Å². The van der Waals surface area contributed by atoms with Crippen LogP contribution in [0.3, 0.4) is 0 Å². The van der Waals surface area contributed by atoms with Crippen molar-refractivity contribution in [1.29, 1.82) is 0 Å². The molecule has 0 atom stereocenters. The van der Waals surface area contributed by atoms with Gasteiger partial charge in [0, 0.05) is 0 Å². The molecule has 0 saturated carbocycles. The first-order chi connectivity index (χ1) is 1.73. The minimum atomic E-state index is -0.833. The zero-order valence-corrected chi connectivity index (χ0v) is 8.27. The quantitative estimate of drug-likeness (QED) is 0.485. The van der Waals surface area contributed by atoms with E-state index in [0.29, 0.717) is 0 Å². The Hall–Kier alpha value is 0.153. The first-order valence-electron chi connectivity index (χ1n) is 0.781. The number of hydrogen-bond donors (Lipinski definition) is 2. The second kappa shape index (κ2) is 4.15. The maximum absolute atomic E-state index is 9.00. The standard InChI is InChI=1S/CH4N2O.Bi.3H/c2-1(3)4;;;;/h(H4,2,3,4);;;;. The van der Waals surface area contributed by atoms with Crippen LogP contribution in [0.15, 0.2) is 0 Å². The molecule has 0 aliphatic rings. The third-order valence-electron chi connectivity index (χ3n) is 0. The first kappa shape index (κ1) is 8.94. The van der Waals surface area contributed by atoms with Crippen LogP contribution in [0.5, 0.6) is 0 Å². The molecule has 4 N–H and O–H groups in total. The number of urea groups is 1. The van der Waals surface area contributed by atoms with E-state index in [1.807, 2.05) is 0 Å². The van der Waals surface area contributed by atoms with E-state index in [2.05, 4.69) is 11.5 Å². The van der Waals surface area contributed by atoms with Crippen molar-refractivity contribution in [2.24, 2.45) is 11.5 Å². The van der Waals surface area contributed by atoms with Gasteiger partial charge in [0.1, 0.15) is 0 Å². The van der Waals surface area contributed by atoms with Crippen molar-refractivity contribution in [2.75, 3.05) is 0 Å². The molecule has 0 aliphatic carbocycles. The molecule has 2 amide bonds. The first-order valence-corrected chi connectivity index (χ1v) is 0.781. The molecule has 5 heavy (non-hydrogen) atoms. The molecule has 0 bridgehead atoms. The molecule has 0 aromatic heterocycles. The van der Waals surface area contributed by atoms with Crippen molar-refractivity contribution in [1.82, 2.24) is 0 Å². The number of hydrogen-bond acceptors (Lipinski definition) is 1. The summed E-state index contributed by atoms with van der Waals surface area (Å²) in [6.07, 6.45) is 0. The number of nitrogens with two attached hydrogens (primary N) is 2. The molecular formula is CH7BiN2O. The Morgan fingerprint density at radius 2 is 1.40 bits per heavy atom. The molecule has 0 saturated heterocycles. The fourth-order valence-electron chi connectivity index (χ4n) is 0. The minimum absolute atomic E-state index is 0. The van der Waals surface area contributed by atoms with Gasteiger partial charge in [-0.05, 0) is 0 Å². The molecule has 4 heteroatoms. The van der Waals surface area contributed by atoms with Crippen LogP contribution in [0, 0.1) is 0 Å². The zero-order valence-electron chi connectivity index (χ0n) is 2.77. The van der Waals surface area contributed by atoms with Gasteiger partial charge in [0.25, 0.3) is 0 Å². The number of carbonyl (C=O) groups is 1. The molecule has 0 unspecified atom stereocenters. The summed E-state index contributed by atoms with van der Waals surface area (Å²) in [6.45, 7) is 0. The average molecular weight is 272 g/mol. The molecule has 0 aromatic rings. The molecule has 32 valence electrons. The van der Waals surface area contributed by atoms with Gasteiger partial charge >= 0.3 is 32.2 Å². The molecule has 0 radical (unpaired) electrons. The van der Waals surface area contributed by atoms with Gasteiger partial charge in [-0.3, -0.25) is 0 Å². The number of amides is 2. The van der Waals surface area contributed by atoms with E-state index in [1.165, 1.54) is 0 Å². The summed E-state index contributed by atoms with van der Waals surface area (Å²) < 4.78 is 0. The van der Waals surface area contributed by atoms with Crippen molar-refractivity contribution in [3.8, 4) is 0 Å². The molecular weight excluding hydrogens is 265 g/mol. The number of primary amides is 2. The van der Waals surface area contributed by atoms with Gasteiger partial charge in [-0.2, -0.15) is 0 Å². The van der Waals surface area contributed by atoms with Gasteiger partial charge in [-0.1, -0.05) is 0 Å². The van der Waals surface area contributed by atoms with Crippen LogP contribution in [0.4, 0.5) is 4.79 Å². The van der Waals surface area contributed by atoms with E-state index < -0.39 is 6.03 Å². The third-order valence-corrected chi connectivity index (χ3v) is 0.